The lowest BCUT2D eigenvalue weighted by atomic mass is 10.2. The summed E-state index contributed by atoms with van der Waals surface area (Å²) in [5.74, 6) is 0.583. The SMILES string of the molecule is Cc1ccc(SCC(=O)N(C)Cc2cnn(C)c2)cc1. The minimum atomic E-state index is 0.124. The normalized spacial score (nSPS) is 10.6. The Balaban J connectivity index is 1.83. The minimum absolute atomic E-state index is 0.124. The zero-order valence-electron chi connectivity index (χ0n) is 12.0. The van der Waals surface area contributed by atoms with Crippen molar-refractivity contribution < 1.29 is 4.79 Å². The van der Waals surface area contributed by atoms with E-state index in [0.29, 0.717) is 12.3 Å². The molecule has 0 spiro atoms. The second-order valence-corrected chi connectivity index (χ2v) is 5.92. The summed E-state index contributed by atoms with van der Waals surface area (Å²) < 4.78 is 1.74. The van der Waals surface area contributed by atoms with Gasteiger partial charge in [-0.2, -0.15) is 5.10 Å². The van der Waals surface area contributed by atoms with Crippen molar-refractivity contribution in [2.45, 2.75) is 18.4 Å². The van der Waals surface area contributed by atoms with Crippen molar-refractivity contribution in [2.24, 2.45) is 7.05 Å². The first-order chi connectivity index (χ1) is 9.54. The molecule has 1 aromatic carbocycles. The smallest absolute Gasteiger partial charge is 0.232 e. The molecule has 0 fully saturated rings. The van der Waals surface area contributed by atoms with Crippen molar-refractivity contribution >= 4 is 17.7 Å². The monoisotopic (exact) mass is 289 g/mol. The van der Waals surface area contributed by atoms with Gasteiger partial charge in [0, 0.05) is 37.3 Å². The summed E-state index contributed by atoms with van der Waals surface area (Å²) >= 11 is 1.57. The molecule has 0 unspecified atom stereocenters. The summed E-state index contributed by atoms with van der Waals surface area (Å²) in [6, 6.07) is 8.22. The van der Waals surface area contributed by atoms with Crippen LogP contribution < -0.4 is 0 Å². The van der Waals surface area contributed by atoms with E-state index in [-0.39, 0.29) is 5.91 Å². The van der Waals surface area contributed by atoms with E-state index in [2.05, 4.69) is 24.2 Å². The summed E-state index contributed by atoms with van der Waals surface area (Å²) in [4.78, 5) is 14.9. The van der Waals surface area contributed by atoms with Crippen LogP contribution in [0.5, 0.6) is 0 Å². The Morgan fingerprint density at radius 1 is 1.35 bits per heavy atom. The van der Waals surface area contributed by atoms with Crippen LogP contribution in [0.15, 0.2) is 41.6 Å². The predicted octanol–water partition coefficient (Wildman–Crippen LogP) is 2.48. The second kappa shape index (κ2) is 6.61. The van der Waals surface area contributed by atoms with Crippen LogP contribution in [0.3, 0.4) is 0 Å². The third-order valence-corrected chi connectivity index (χ3v) is 3.98. The molecule has 0 atom stereocenters. The molecule has 1 heterocycles. The summed E-state index contributed by atoms with van der Waals surface area (Å²) in [7, 11) is 3.70. The van der Waals surface area contributed by atoms with Gasteiger partial charge in [0.15, 0.2) is 0 Å². The molecule has 0 aliphatic rings. The average molecular weight is 289 g/mol. The van der Waals surface area contributed by atoms with E-state index in [1.54, 1.807) is 27.5 Å². The topological polar surface area (TPSA) is 38.1 Å². The van der Waals surface area contributed by atoms with Crippen LogP contribution in [0.4, 0.5) is 0 Å². The molecule has 0 N–H and O–H groups in total. The van der Waals surface area contributed by atoms with Gasteiger partial charge in [0.1, 0.15) is 0 Å². The Kier molecular flexibility index (Phi) is 4.84. The van der Waals surface area contributed by atoms with E-state index in [0.717, 1.165) is 10.5 Å². The molecule has 1 aromatic heterocycles. The Morgan fingerprint density at radius 3 is 2.65 bits per heavy atom. The van der Waals surface area contributed by atoms with Crippen molar-refractivity contribution in [3.05, 3.63) is 47.8 Å². The van der Waals surface area contributed by atoms with E-state index >= 15 is 0 Å². The zero-order valence-corrected chi connectivity index (χ0v) is 12.9. The van der Waals surface area contributed by atoms with Gasteiger partial charge in [-0.25, -0.2) is 0 Å². The molecule has 1 amide bonds. The molecule has 2 aromatic rings. The maximum Gasteiger partial charge on any atom is 0.232 e. The van der Waals surface area contributed by atoms with Crippen LogP contribution in [-0.2, 0) is 18.4 Å². The van der Waals surface area contributed by atoms with Crippen molar-refractivity contribution in [1.29, 1.82) is 0 Å². The second-order valence-electron chi connectivity index (χ2n) is 4.87. The lowest BCUT2D eigenvalue weighted by Gasteiger charge is -2.15. The van der Waals surface area contributed by atoms with Crippen molar-refractivity contribution in [3.8, 4) is 0 Å². The maximum absolute atomic E-state index is 12.1. The first kappa shape index (κ1) is 14.7. The van der Waals surface area contributed by atoms with Crippen LogP contribution in [0.1, 0.15) is 11.1 Å². The van der Waals surface area contributed by atoms with Crippen molar-refractivity contribution in [1.82, 2.24) is 14.7 Å². The van der Waals surface area contributed by atoms with Gasteiger partial charge >= 0.3 is 0 Å². The molecule has 20 heavy (non-hydrogen) atoms. The fourth-order valence-electron chi connectivity index (χ4n) is 1.81. The fourth-order valence-corrected chi connectivity index (χ4v) is 2.64. The van der Waals surface area contributed by atoms with Gasteiger partial charge in [0.2, 0.25) is 5.91 Å². The molecule has 0 aliphatic heterocycles. The third-order valence-electron chi connectivity index (χ3n) is 2.99. The molecule has 0 saturated carbocycles. The highest BCUT2D eigenvalue weighted by Gasteiger charge is 2.10. The van der Waals surface area contributed by atoms with Gasteiger partial charge in [-0.3, -0.25) is 9.48 Å². The quantitative estimate of drug-likeness (QED) is 0.794. The van der Waals surface area contributed by atoms with E-state index in [9.17, 15) is 4.79 Å². The number of carbonyl (C=O) groups is 1. The third kappa shape index (κ3) is 4.13. The van der Waals surface area contributed by atoms with Crippen molar-refractivity contribution in [3.63, 3.8) is 0 Å². The Morgan fingerprint density at radius 2 is 2.05 bits per heavy atom. The first-order valence-corrected chi connectivity index (χ1v) is 7.44. The van der Waals surface area contributed by atoms with E-state index in [1.807, 2.05) is 32.4 Å². The Hall–Kier alpha value is -1.75. The number of hydrogen-bond acceptors (Lipinski definition) is 3. The van der Waals surface area contributed by atoms with Gasteiger partial charge < -0.3 is 4.90 Å². The number of rotatable bonds is 5. The number of benzene rings is 1. The van der Waals surface area contributed by atoms with Crippen LogP contribution in [0.2, 0.25) is 0 Å². The Bertz CT molecular complexity index is 577. The molecule has 0 aliphatic carbocycles. The average Bonchev–Trinajstić information content (AvgIpc) is 2.83. The lowest BCUT2D eigenvalue weighted by Crippen LogP contribution is -2.27. The lowest BCUT2D eigenvalue weighted by molar-refractivity contribution is -0.127. The van der Waals surface area contributed by atoms with E-state index in [4.69, 9.17) is 0 Å². The molecule has 4 nitrogen and oxygen atoms in total. The molecule has 2 rings (SSSR count). The predicted molar refractivity (Wildman–Crippen MR) is 81.6 cm³/mol. The number of amides is 1. The maximum atomic E-state index is 12.1. The van der Waals surface area contributed by atoms with Crippen molar-refractivity contribution in [2.75, 3.05) is 12.8 Å². The van der Waals surface area contributed by atoms with Gasteiger partial charge in [-0.05, 0) is 19.1 Å². The van der Waals surface area contributed by atoms with Gasteiger partial charge in [0.05, 0.1) is 11.9 Å². The number of nitrogens with zero attached hydrogens (tertiary/aromatic N) is 3. The summed E-state index contributed by atoms with van der Waals surface area (Å²) in [5, 5.41) is 4.10. The number of hydrogen-bond donors (Lipinski definition) is 0. The minimum Gasteiger partial charge on any atom is -0.341 e. The first-order valence-electron chi connectivity index (χ1n) is 6.45. The summed E-state index contributed by atoms with van der Waals surface area (Å²) in [6.07, 6.45) is 3.72. The van der Waals surface area contributed by atoms with Crippen LogP contribution >= 0.6 is 11.8 Å². The van der Waals surface area contributed by atoms with Crippen LogP contribution in [-0.4, -0.2) is 33.4 Å². The number of carbonyl (C=O) groups excluding carboxylic acids is 1. The van der Waals surface area contributed by atoms with Gasteiger partial charge in [-0.1, -0.05) is 17.7 Å². The van der Waals surface area contributed by atoms with Crippen LogP contribution in [0.25, 0.3) is 0 Å². The van der Waals surface area contributed by atoms with E-state index < -0.39 is 0 Å². The summed E-state index contributed by atoms with van der Waals surface area (Å²) in [6.45, 7) is 2.66. The number of thioether (sulfide) groups is 1. The molecule has 0 radical (unpaired) electrons. The fraction of sp³-hybridized carbons (Fsp3) is 0.333. The number of aryl methyl sites for hydroxylation is 2. The molecule has 106 valence electrons. The highest BCUT2D eigenvalue weighted by Crippen LogP contribution is 2.18. The highest BCUT2D eigenvalue weighted by atomic mass is 32.2. The molecule has 0 bridgehead atoms. The molecule has 0 saturated heterocycles. The summed E-state index contributed by atoms with van der Waals surface area (Å²) in [5.41, 5.74) is 2.28. The number of aromatic nitrogens is 2. The van der Waals surface area contributed by atoms with Crippen LogP contribution in [0, 0.1) is 6.92 Å². The molecular formula is C15H19N3OS. The Labute approximate surface area is 123 Å². The van der Waals surface area contributed by atoms with Gasteiger partial charge in [0.25, 0.3) is 0 Å². The molecular weight excluding hydrogens is 270 g/mol. The zero-order chi connectivity index (χ0) is 14.5. The van der Waals surface area contributed by atoms with Gasteiger partial charge in [-0.15, -0.1) is 11.8 Å². The highest BCUT2D eigenvalue weighted by molar-refractivity contribution is 8.00. The standard InChI is InChI=1S/C15H19N3OS/c1-12-4-6-14(7-5-12)20-11-15(19)17(2)9-13-8-16-18(3)10-13/h4-8,10H,9,11H2,1-3H3. The molecule has 5 heteroatoms. The van der Waals surface area contributed by atoms with E-state index in [1.165, 1.54) is 5.56 Å². The largest absolute Gasteiger partial charge is 0.341 e.